The lowest BCUT2D eigenvalue weighted by molar-refractivity contribution is -0.167. The van der Waals surface area contributed by atoms with E-state index in [1.807, 2.05) is 0 Å². The molecule has 2 bridgehead atoms. The van der Waals surface area contributed by atoms with Gasteiger partial charge in [-0.05, 0) is 32.2 Å². The van der Waals surface area contributed by atoms with Crippen molar-refractivity contribution in [2.24, 2.45) is 0 Å². The predicted molar refractivity (Wildman–Crippen MR) is 88.7 cm³/mol. The van der Waals surface area contributed by atoms with Gasteiger partial charge in [0.1, 0.15) is 6.04 Å². The molecule has 0 aliphatic carbocycles. The third-order valence-corrected chi connectivity index (χ3v) is 5.07. The number of hydrogen-bond donors (Lipinski definition) is 3. The topological polar surface area (TPSA) is 120 Å². The number of hydrogen-bond acceptors (Lipinski definition) is 6. The van der Waals surface area contributed by atoms with Crippen molar-refractivity contribution >= 4 is 17.9 Å². The number of carboxylic acid groups (broad SMARTS) is 1. The summed E-state index contributed by atoms with van der Waals surface area (Å²) in [6.45, 7) is 1.12. The van der Waals surface area contributed by atoms with E-state index in [9.17, 15) is 14.4 Å². The number of aliphatic carboxylic acids is 1. The van der Waals surface area contributed by atoms with Crippen LogP contribution in [0.15, 0.2) is 0 Å². The van der Waals surface area contributed by atoms with Crippen LogP contribution in [0.2, 0.25) is 0 Å². The second-order valence-corrected chi connectivity index (χ2v) is 6.95. The van der Waals surface area contributed by atoms with Crippen molar-refractivity contribution in [1.82, 2.24) is 20.8 Å². The number of piperidine rings is 1. The number of nitrogens with zero attached hydrogens (tertiary/aromatic N) is 2. The first-order valence-corrected chi connectivity index (χ1v) is 9.16. The molecule has 0 aromatic carbocycles. The Bertz CT molecular complexity index is 537. The quantitative estimate of drug-likeness (QED) is 0.533. The number of hydroxylamine groups is 3. The maximum atomic E-state index is 12.4. The molecule has 3 atom stereocenters. The van der Waals surface area contributed by atoms with Crippen LogP contribution in [0.5, 0.6) is 0 Å². The zero-order valence-electron chi connectivity index (χ0n) is 14.7. The minimum atomic E-state index is -1.15. The van der Waals surface area contributed by atoms with Gasteiger partial charge in [-0.15, -0.1) is 0 Å². The molecule has 146 valence electrons. The fourth-order valence-corrected chi connectivity index (χ4v) is 3.72. The van der Waals surface area contributed by atoms with Gasteiger partial charge in [-0.25, -0.2) is 15.1 Å². The summed E-state index contributed by atoms with van der Waals surface area (Å²) in [5.74, 6) is -1.51. The van der Waals surface area contributed by atoms with Gasteiger partial charge < -0.3 is 15.3 Å². The lowest BCUT2D eigenvalue weighted by Crippen LogP contribution is -2.50. The van der Waals surface area contributed by atoms with Gasteiger partial charge >= 0.3 is 12.0 Å². The van der Waals surface area contributed by atoms with E-state index in [0.29, 0.717) is 26.0 Å². The molecule has 10 nitrogen and oxygen atoms in total. The third-order valence-electron chi connectivity index (χ3n) is 5.07. The first-order valence-electron chi connectivity index (χ1n) is 9.16. The van der Waals surface area contributed by atoms with E-state index in [0.717, 1.165) is 30.9 Å². The second kappa shape index (κ2) is 8.65. The summed E-state index contributed by atoms with van der Waals surface area (Å²) in [4.78, 5) is 47.3. The lowest BCUT2D eigenvalue weighted by Gasteiger charge is -2.29. The van der Waals surface area contributed by atoms with Gasteiger partial charge in [0.2, 0.25) is 0 Å². The van der Waals surface area contributed by atoms with Crippen LogP contribution in [0.3, 0.4) is 0 Å². The van der Waals surface area contributed by atoms with E-state index in [4.69, 9.17) is 14.8 Å². The molecule has 10 heteroatoms. The van der Waals surface area contributed by atoms with E-state index in [1.165, 1.54) is 11.3 Å². The Morgan fingerprint density at radius 1 is 1.23 bits per heavy atom. The normalized spacial score (nSPS) is 28.8. The van der Waals surface area contributed by atoms with Crippen LogP contribution in [0.25, 0.3) is 0 Å². The number of carboxylic acids is 1. The summed E-state index contributed by atoms with van der Waals surface area (Å²) >= 11 is 0. The van der Waals surface area contributed by atoms with Crippen molar-refractivity contribution in [2.45, 2.75) is 56.7 Å². The number of amides is 3. The second-order valence-electron chi connectivity index (χ2n) is 6.95. The zero-order valence-corrected chi connectivity index (χ0v) is 14.7. The van der Waals surface area contributed by atoms with Crippen molar-refractivity contribution in [3.8, 4) is 0 Å². The van der Waals surface area contributed by atoms with Crippen LogP contribution in [0, 0.1) is 0 Å². The summed E-state index contributed by atoms with van der Waals surface area (Å²) in [6.07, 6.45) is 5.58. The number of carbonyl (C=O) groups excluding carboxylic acids is 2. The van der Waals surface area contributed by atoms with Gasteiger partial charge in [0.15, 0.2) is 6.61 Å². The van der Waals surface area contributed by atoms with Crippen LogP contribution >= 0.6 is 0 Å². The fourth-order valence-electron chi connectivity index (χ4n) is 3.72. The van der Waals surface area contributed by atoms with Crippen LogP contribution in [0.1, 0.15) is 38.5 Å². The smallest absolute Gasteiger partial charge is 0.345 e. The maximum absolute atomic E-state index is 12.4. The van der Waals surface area contributed by atoms with Crippen molar-refractivity contribution < 1.29 is 29.2 Å². The molecule has 26 heavy (non-hydrogen) atoms. The Labute approximate surface area is 151 Å². The predicted octanol–water partition coefficient (Wildman–Crippen LogP) is -0.149. The molecule has 3 saturated heterocycles. The highest BCUT2D eigenvalue weighted by Gasteiger charge is 2.48. The molecule has 3 amide bonds. The first kappa shape index (κ1) is 18.9. The molecule has 0 unspecified atom stereocenters. The van der Waals surface area contributed by atoms with Gasteiger partial charge in [-0.3, -0.25) is 14.5 Å². The number of rotatable bonds is 7. The standard InChI is InChI=1S/C16H26N4O6/c21-14(22)10-26-20-12-5-6-13(19(8-12)16(20)24)15(23)18-25-9-11-4-2-1-3-7-17-11/h11-13,17H,1-10H2,(H,18,23)(H,21,22)/t11-,12-,13-/m1/s1. The summed E-state index contributed by atoms with van der Waals surface area (Å²) in [5.41, 5.74) is 2.46. The number of fused-ring (bicyclic) bond motifs is 2. The Morgan fingerprint density at radius 3 is 2.88 bits per heavy atom. The fraction of sp³-hybridized carbons (Fsp3) is 0.812. The molecule has 0 spiro atoms. The Kier molecular flexibility index (Phi) is 6.28. The van der Waals surface area contributed by atoms with Crippen LogP contribution in [-0.4, -0.2) is 77.4 Å². The SMILES string of the molecule is O=C(O)CON1C(=O)N2C[C@H]1CC[C@@H]2C(=O)NOC[C@H]1CCCCCN1. The largest absolute Gasteiger partial charge is 0.479 e. The van der Waals surface area contributed by atoms with Crippen LogP contribution in [0.4, 0.5) is 4.79 Å². The molecule has 0 saturated carbocycles. The summed E-state index contributed by atoms with van der Waals surface area (Å²) in [5, 5.41) is 13.2. The third kappa shape index (κ3) is 4.43. The molecule has 0 radical (unpaired) electrons. The molecule has 3 N–H and O–H groups in total. The van der Waals surface area contributed by atoms with Gasteiger partial charge in [-0.2, -0.15) is 5.06 Å². The van der Waals surface area contributed by atoms with Crippen molar-refractivity contribution in [1.29, 1.82) is 0 Å². The minimum Gasteiger partial charge on any atom is -0.479 e. The van der Waals surface area contributed by atoms with Gasteiger partial charge in [0, 0.05) is 12.6 Å². The molecule has 0 aromatic rings. The molecule has 3 heterocycles. The Balaban J connectivity index is 1.46. The summed E-state index contributed by atoms with van der Waals surface area (Å²) in [6, 6.07) is -1.09. The molecule has 3 fully saturated rings. The first-order chi connectivity index (χ1) is 12.6. The molecule has 3 aliphatic heterocycles. The van der Waals surface area contributed by atoms with Gasteiger partial charge in [0.05, 0.1) is 12.6 Å². The van der Waals surface area contributed by atoms with E-state index in [2.05, 4.69) is 10.8 Å². The van der Waals surface area contributed by atoms with Crippen LogP contribution in [-0.2, 0) is 19.3 Å². The van der Waals surface area contributed by atoms with Crippen LogP contribution < -0.4 is 10.8 Å². The average Bonchev–Trinajstić information content (AvgIpc) is 2.79. The summed E-state index contributed by atoms with van der Waals surface area (Å²) in [7, 11) is 0. The van der Waals surface area contributed by atoms with E-state index in [1.54, 1.807) is 0 Å². The molecular formula is C16H26N4O6. The zero-order chi connectivity index (χ0) is 18.5. The molecule has 3 rings (SSSR count). The Morgan fingerprint density at radius 2 is 2.08 bits per heavy atom. The van der Waals surface area contributed by atoms with Gasteiger partial charge in [0.25, 0.3) is 5.91 Å². The molecular weight excluding hydrogens is 344 g/mol. The van der Waals surface area contributed by atoms with E-state index < -0.39 is 24.6 Å². The van der Waals surface area contributed by atoms with E-state index in [-0.39, 0.29) is 18.0 Å². The van der Waals surface area contributed by atoms with E-state index >= 15 is 0 Å². The lowest BCUT2D eigenvalue weighted by atomic mass is 10.0. The average molecular weight is 370 g/mol. The highest BCUT2D eigenvalue weighted by atomic mass is 16.7. The van der Waals surface area contributed by atoms with Crippen molar-refractivity contribution in [3.63, 3.8) is 0 Å². The highest BCUT2D eigenvalue weighted by molar-refractivity contribution is 5.88. The van der Waals surface area contributed by atoms with Crippen molar-refractivity contribution in [3.05, 3.63) is 0 Å². The molecule has 3 aliphatic rings. The van der Waals surface area contributed by atoms with Gasteiger partial charge in [-0.1, -0.05) is 12.8 Å². The number of nitrogens with one attached hydrogen (secondary N) is 2. The maximum Gasteiger partial charge on any atom is 0.345 e. The highest BCUT2D eigenvalue weighted by Crippen LogP contribution is 2.30. The Hall–Kier alpha value is -1.91. The molecule has 0 aromatic heterocycles. The number of carbonyl (C=O) groups is 3. The summed E-state index contributed by atoms with van der Waals surface area (Å²) < 4.78 is 0. The van der Waals surface area contributed by atoms with Crippen molar-refractivity contribution in [2.75, 3.05) is 26.3 Å². The monoisotopic (exact) mass is 370 g/mol. The number of urea groups is 1. The minimum absolute atomic E-state index is 0.220.